The molecule has 1 heterocycles. The number of rotatable bonds is 2. The van der Waals surface area contributed by atoms with Crippen LogP contribution in [0.15, 0.2) is 133 Å². The molecule has 7 aromatic carbocycles. The molecule has 172 valence electrons. The first-order chi connectivity index (χ1) is 18.4. The van der Waals surface area contributed by atoms with E-state index in [0.717, 1.165) is 0 Å². The van der Waals surface area contributed by atoms with Crippen molar-refractivity contribution in [2.45, 2.75) is 0 Å². The molecule has 0 saturated carbocycles. The zero-order chi connectivity index (χ0) is 24.3. The largest absolute Gasteiger partial charge is 0.135 e. The van der Waals surface area contributed by atoms with Crippen molar-refractivity contribution in [1.82, 2.24) is 0 Å². The van der Waals surface area contributed by atoms with Crippen molar-refractivity contribution in [2.75, 3.05) is 0 Å². The van der Waals surface area contributed by atoms with Crippen molar-refractivity contribution < 1.29 is 0 Å². The van der Waals surface area contributed by atoms with Gasteiger partial charge >= 0.3 is 0 Å². The summed E-state index contributed by atoms with van der Waals surface area (Å²) in [7, 11) is 0. The summed E-state index contributed by atoms with van der Waals surface area (Å²) in [5.41, 5.74) is 5.09. The van der Waals surface area contributed by atoms with Gasteiger partial charge < -0.3 is 0 Å². The molecule has 0 fully saturated rings. The molecule has 0 radical (unpaired) electrons. The molecular weight excluding hydrogens is 464 g/mol. The van der Waals surface area contributed by atoms with Gasteiger partial charge in [0.05, 0.1) is 0 Å². The molecule has 0 nitrogen and oxygen atoms in total. The zero-order valence-electron chi connectivity index (χ0n) is 20.1. The van der Waals surface area contributed by atoms with Gasteiger partial charge in [-0.15, -0.1) is 11.3 Å². The molecule has 0 aliphatic carbocycles. The van der Waals surface area contributed by atoms with Crippen LogP contribution < -0.4 is 0 Å². The Balaban J connectivity index is 1.59. The minimum atomic E-state index is 1.25. The lowest BCUT2D eigenvalue weighted by Crippen LogP contribution is -1.90. The van der Waals surface area contributed by atoms with E-state index >= 15 is 0 Å². The van der Waals surface area contributed by atoms with E-state index in [0.29, 0.717) is 0 Å². The second kappa shape index (κ2) is 8.03. The first kappa shape index (κ1) is 20.7. The Labute approximate surface area is 219 Å². The molecule has 8 aromatic rings. The van der Waals surface area contributed by atoms with Crippen molar-refractivity contribution in [3.8, 4) is 22.3 Å². The third-order valence-electron chi connectivity index (χ3n) is 7.64. The Bertz CT molecular complexity index is 2130. The van der Waals surface area contributed by atoms with Crippen LogP contribution in [0.25, 0.3) is 74.7 Å². The fourth-order valence-corrected chi connectivity index (χ4v) is 7.18. The molecular formula is C36H22S. The lowest BCUT2D eigenvalue weighted by molar-refractivity contribution is 1.65. The van der Waals surface area contributed by atoms with E-state index < -0.39 is 0 Å². The Morgan fingerprint density at radius 1 is 0.324 bits per heavy atom. The van der Waals surface area contributed by atoms with Crippen LogP contribution in [0.5, 0.6) is 0 Å². The lowest BCUT2D eigenvalue weighted by Gasteiger charge is -2.17. The molecule has 1 heteroatoms. The third kappa shape index (κ3) is 3.08. The van der Waals surface area contributed by atoms with Crippen molar-refractivity contribution in [1.29, 1.82) is 0 Å². The summed E-state index contributed by atoms with van der Waals surface area (Å²) in [5, 5.41) is 10.5. The summed E-state index contributed by atoms with van der Waals surface area (Å²) >= 11 is 1.88. The van der Waals surface area contributed by atoms with Crippen LogP contribution in [-0.2, 0) is 0 Å². The molecule has 0 aliphatic heterocycles. The molecule has 37 heavy (non-hydrogen) atoms. The maximum absolute atomic E-state index is 2.43. The van der Waals surface area contributed by atoms with Crippen molar-refractivity contribution in [3.05, 3.63) is 133 Å². The Morgan fingerprint density at radius 3 is 1.70 bits per heavy atom. The number of benzene rings is 7. The van der Waals surface area contributed by atoms with Crippen LogP contribution in [0.2, 0.25) is 0 Å². The Hall–Kier alpha value is -4.46. The summed E-state index contributed by atoms with van der Waals surface area (Å²) in [6, 6.07) is 49.0. The minimum absolute atomic E-state index is 1.25. The molecule has 0 amide bonds. The number of hydrogen-bond donors (Lipinski definition) is 0. The van der Waals surface area contributed by atoms with E-state index in [4.69, 9.17) is 0 Å². The molecule has 1 aromatic heterocycles. The highest BCUT2D eigenvalue weighted by Crippen LogP contribution is 2.45. The van der Waals surface area contributed by atoms with Crippen molar-refractivity contribution in [2.24, 2.45) is 0 Å². The highest BCUT2D eigenvalue weighted by atomic mass is 32.1. The molecule has 0 bridgehead atoms. The van der Waals surface area contributed by atoms with E-state index in [-0.39, 0.29) is 0 Å². The van der Waals surface area contributed by atoms with Crippen molar-refractivity contribution >= 4 is 63.8 Å². The van der Waals surface area contributed by atoms with Gasteiger partial charge in [-0.05, 0) is 78.8 Å². The predicted octanol–water partition coefficient (Wildman–Crippen LogP) is 10.8. The molecule has 0 saturated heterocycles. The van der Waals surface area contributed by atoms with Gasteiger partial charge in [0.2, 0.25) is 0 Å². The van der Waals surface area contributed by atoms with Gasteiger partial charge in [0.15, 0.2) is 0 Å². The third-order valence-corrected chi connectivity index (χ3v) is 8.78. The maximum Gasteiger partial charge on any atom is 0.0361 e. The van der Waals surface area contributed by atoms with Gasteiger partial charge in [-0.1, -0.05) is 109 Å². The van der Waals surface area contributed by atoms with Crippen LogP contribution in [-0.4, -0.2) is 0 Å². The first-order valence-corrected chi connectivity index (χ1v) is 13.5. The minimum Gasteiger partial charge on any atom is -0.135 e. The number of fused-ring (bicyclic) bond motifs is 9. The Kier molecular flexibility index (Phi) is 4.49. The number of hydrogen-bond acceptors (Lipinski definition) is 1. The highest BCUT2D eigenvalue weighted by molar-refractivity contribution is 7.25. The topological polar surface area (TPSA) is 0 Å². The van der Waals surface area contributed by atoms with Gasteiger partial charge in [0.1, 0.15) is 0 Å². The van der Waals surface area contributed by atoms with Gasteiger partial charge in [-0.3, -0.25) is 0 Å². The van der Waals surface area contributed by atoms with Crippen LogP contribution in [0.3, 0.4) is 0 Å². The van der Waals surface area contributed by atoms with Crippen LogP contribution in [0.1, 0.15) is 0 Å². The quantitative estimate of drug-likeness (QED) is 0.213. The monoisotopic (exact) mass is 486 g/mol. The van der Waals surface area contributed by atoms with E-state index in [9.17, 15) is 0 Å². The fraction of sp³-hybridized carbons (Fsp3) is 0. The second-order valence-corrected chi connectivity index (χ2v) is 10.8. The van der Waals surface area contributed by atoms with E-state index in [2.05, 4.69) is 133 Å². The van der Waals surface area contributed by atoms with E-state index in [1.807, 2.05) is 11.3 Å². The molecule has 0 unspecified atom stereocenters. The molecule has 8 rings (SSSR count). The first-order valence-electron chi connectivity index (χ1n) is 12.7. The standard InChI is InChI=1S/C36H22S/c1-2-11-23(12-3-1)31-21-24(25-18-10-20-34-36(25)30-17-8-9-19-33(30)37-34)22-32-28-15-5-4-13-26(28)27-14-6-7-16-29(27)35(31)32/h1-22H. The number of thiophene rings is 1. The van der Waals surface area contributed by atoms with Gasteiger partial charge in [0.25, 0.3) is 0 Å². The lowest BCUT2D eigenvalue weighted by atomic mass is 9.86. The summed E-state index contributed by atoms with van der Waals surface area (Å²) < 4.78 is 2.67. The SMILES string of the molecule is c1ccc(-c2cc(-c3cccc4sc5ccccc5c34)cc3c4ccccc4c4ccccc4c23)cc1. The molecule has 0 spiro atoms. The van der Waals surface area contributed by atoms with E-state index in [1.165, 1.54) is 74.7 Å². The maximum atomic E-state index is 2.43. The predicted molar refractivity (Wildman–Crippen MR) is 163 cm³/mol. The van der Waals surface area contributed by atoms with Crippen LogP contribution in [0, 0.1) is 0 Å². The normalized spacial score (nSPS) is 11.8. The summed E-state index contributed by atoms with van der Waals surface area (Å²) in [6.45, 7) is 0. The van der Waals surface area contributed by atoms with Gasteiger partial charge in [-0.25, -0.2) is 0 Å². The molecule has 0 atom stereocenters. The summed E-state index contributed by atoms with van der Waals surface area (Å²) in [6.07, 6.45) is 0. The zero-order valence-corrected chi connectivity index (χ0v) is 20.9. The summed E-state index contributed by atoms with van der Waals surface area (Å²) in [4.78, 5) is 0. The van der Waals surface area contributed by atoms with Crippen LogP contribution in [0.4, 0.5) is 0 Å². The average molecular weight is 487 g/mol. The summed E-state index contributed by atoms with van der Waals surface area (Å²) in [5.74, 6) is 0. The second-order valence-electron chi connectivity index (χ2n) is 9.68. The smallest absolute Gasteiger partial charge is 0.0361 e. The Morgan fingerprint density at radius 2 is 0.919 bits per heavy atom. The average Bonchev–Trinajstić information content (AvgIpc) is 3.36. The van der Waals surface area contributed by atoms with Crippen LogP contribution >= 0.6 is 11.3 Å². The van der Waals surface area contributed by atoms with Gasteiger partial charge in [0, 0.05) is 20.2 Å². The molecule has 0 N–H and O–H groups in total. The van der Waals surface area contributed by atoms with Crippen molar-refractivity contribution in [3.63, 3.8) is 0 Å². The molecule has 0 aliphatic rings. The fourth-order valence-electron chi connectivity index (χ4n) is 6.05. The van der Waals surface area contributed by atoms with E-state index in [1.54, 1.807) is 0 Å². The van der Waals surface area contributed by atoms with Gasteiger partial charge in [-0.2, -0.15) is 0 Å². The highest BCUT2D eigenvalue weighted by Gasteiger charge is 2.17.